The van der Waals surface area contributed by atoms with Crippen molar-refractivity contribution in [1.29, 1.82) is 0 Å². The Bertz CT molecular complexity index is 1450. The Hall–Kier alpha value is -3.84. The number of nitrogens with one attached hydrogen (secondary N) is 2. The molecule has 0 aliphatic heterocycles. The molecule has 6 aromatic heterocycles. The number of hydrogen-bond acceptors (Lipinski definition) is 5. The predicted octanol–water partition coefficient (Wildman–Crippen LogP) is 5.29. The van der Waals surface area contributed by atoms with Crippen molar-refractivity contribution in [2.24, 2.45) is 0 Å². The lowest BCUT2D eigenvalue weighted by Gasteiger charge is -2.00. The van der Waals surface area contributed by atoms with Gasteiger partial charge < -0.3 is 4.98 Å². The van der Waals surface area contributed by atoms with Gasteiger partial charge >= 0.3 is 0 Å². The lowest BCUT2D eigenvalue weighted by molar-refractivity contribution is 1.12. The van der Waals surface area contributed by atoms with Gasteiger partial charge in [-0.05, 0) is 47.8 Å². The molecular formula is C22H14N6S. The van der Waals surface area contributed by atoms with Crippen LogP contribution >= 0.6 is 11.3 Å². The van der Waals surface area contributed by atoms with Gasteiger partial charge in [-0.3, -0.25) is 15.1 Å². The van der Waals surface area contributed by atoms with Crippen molar-refractivity contribution in [3.8, 4) is 33.2 Å². The van der Waals surface area contributed by atoms with Crippen molar-refractivity contribution in [3.05, 3.63) is 72.5 Å². The van der Waals surface area contributed by atoms with E-state index in [4.69, 9.17) is 4.98 Å². The molecule has 6 rings (SSSR count). The maximum Gasteiger partial charge on any atom is 0.135 e. The van der Waals surface area contributed by atoms with Crippen molar-refractivity contribution < 1.29 is 0 Å². The number of rotatable bonds is 3. The number of pyridine rings is 3. The van der Waals surface area contributed by atoms with E-state index in [-0.39, 0.29) is 0 Å². The van der Waals surface area contributed by atoms with Crippen LogP contribution in [0, 0.1) is 0 Å². The summed E-state index contributed by atoms with van der Waals surface area (Å²) in [5, 5.41) is 10.8. The van der Waals surface area contributed by atoms with Gasteiger partial charge in [0.05, 0.1) is 27.5 Å². The number of fused-ring (bicyclic) bond motifs is 2. The van der Waals surface area contributed by atoms with Crippen LogP contribution in [0.25, 0.3) is 55.2 Å². The van der Waals surface area contributed by atoms with Gasteiger partial charge in [0, 0.05) is 35.1 Å². The van der Waals surface area contributed by atoms with Gasteiger partial charge in [-0.1, -0.05) is 6.07 Å². The molecule has 2 N–H and O–H groups in total. The zero-order valence-electron chi connectivity index (χ0n) is 15.1. The Morgan fingerprint density at radius 1 is 0.897 bits per heavy atom. The van der Waals surface area contributed by atoms with E-state index in [0.717, 1.165) is 55.2 Å². The second kappa shape index (κ2) is 6.35. The van der Waals surface area contributed by atoms with Crippen LogP contribution in [0.1, 0.15) is 0 Å². The Labute approximate surface area is 169 Å². The lowest BCUT2D eigenvalue weighted by Crippen LogP contribution is -1.86. The Balaban J connectivity index is 1.53. The van der Waals surface area contributed by atoms with Crippen LogP contribution in [0.4, 0.5) is 0 Å². The van der Waals surface area contributed by atoms with E-state index >= 15 is 0 Å². The van der Waals surface area contributed by atoms with Crippen LogP contribution in [0.2, 0.25) is 0 Å². The third kappa shape index (κ3) is 2.63. The number of H-pyrrole nitrogens is 2. The highest BCUT2D eigenvalue weighted by Crippen LogP contribution is 2.34. The quantitative estimate of drug-likeness (QED) is 0.427. The molecule has 0 saturated carbocycles. The fourth-order valence-corrected chi connectivity index (χ4v) is 4.29. The molecule has 6 nitrogen and oxygen atoms in total. The molecule has 0 saturated heterocycles. The summed E-state index contributed by atoms with van der Waals surface area (Å²) in [7, 11) is 0. The summed E-state index contributed by atoms with van der Waals surface area (Å²) in [6.45, 7) is 0. The Morgan fingerprint density at radius 3 is 2.76 bits per heavy atom. The SMILES string of the molecule is c1cncc(-c2ccc3[nH]nc(-c4cc5c(-c6cccs6)nccc5[nH]4)c3n2)c1. The first kappa shape index (κ1) is 16.1. The average Bonchev–Trinajstić information content (AvgIpc) is 3.52. The summed E-state index contributed by atoms with van der Waals surface area (Å²) in [4.78, 5) is 18.3. The third-order valence-electron chi connectivity index (χ3n) is 4.92. The molecule has 0 fully saturated rings. The Kier molecular flexibility index (Phi) is 3.54. The number of hydrogen-bond donors (Lipinski definition) is 2. The molecule has 0 aliphatic carbocycles. The van der Waals surface area contributed by atoms with E-state index in [1.165, 1.54) is 0 Å². The summed E-state index contributed by atoms with van der Waals surface area (Å²) in [6, 6.07) is 16.1. The van der Waals surface area contributed by atoms with E-state index < -0.39 is 0 Å². The minimum atomic E-state index is 0.791. The summed E-state index contributed by atoms with van der Waals surface area (Å²) in [5.41, 5.74) is 7.26. The van der Waals surface area contributed by atoms with Crippen molar-refractivity contribution >= 4 is 33.3 Å². The van der Waals surface area contributed by atoms with E-state index in [2.05, 4.69) is 42.7 Å². The van der Waals surface area contributed by atoms with Crippen molar-refractivity contribution in [2.45, 2.75) is 0 Å². The van der Waals surface area contributed by atoms with Gasteiger partial charge in [-0.25, -0.2) is 4.98 Å². The van der Waals surface area contributed by atoms with Gasteiger partial charge in [0.1, 0.15) is 11.2 Å². The number of aromatic nitrogens is 6. The summed E-state index contributed by atoms with van der Waals surface area (Å²) >= 11 is 1.68. The van der Waals surface area contributed by atoms with Gasteiger partial charge in [0.2, 0.25) is 0 Å². The molecule has 0 spiro atoms. The van der Waals surface area contributed by atoms with Crippen LogP contribution < -0.4 is 0 Å². The molecule has 0 aromatic carbocycles. The van der Waals surface area contributed by atoms with Crippen LogP contribution in [-0.4, -0.2) is 30.1 Å². The normalized spacial score (nSPS) is 11.4. The van der Waals surface area contributed by atoms with Crippen molar-refractivity contribution in [2.75, 3.05) is 0 Å². The van der Waals surface area contributed by atoms with E-state index in [0.29, 0.717) is 0 Å². The zero-order chi connectivity index (χ0) is 19.2. The molecule has 0 atom stereocenters. The molecule has 6 aromatic rings. The molecule has 6 heterocycles. The molecule has 7 heteroatoms. The van der Waals surface area contributed by atoms with Gasteiger partial charge in [0.15, 0.2) is 0 Å². The maximum atomic E-state index is 4.86. The molecule has 0 radical (unpaired) electrons. The molecule has 0 bridgehead atoms. The molecular weight excluding hydrogens is 380 g/mol. The predicted molar refractivity (Wildman–Crippen MR) is 116 cm³/mol. The van der Waals surface area contributed by atoms with Crippen LogP contribution in [0.3, 0.4) is 0 Å². The van der Waals surface area contributed by atoms with Crippen LogP contribution in [-0.2, 0) is 0 Å². The van der Waals surface area contributed by atoms with Crippen molar-refractivity contribution in [3.63, 3.8) is 0 Å². The highest BCUT2D eigenvalue weighted by atomic mass is 32.1. The van der Waals surface area contributed by atoms with Gasteiger partial charge in [-0.2, -0.15) is 5.10 Å². The standard InChI is InChI=1S/C22H14N6S/c1-3-13(12-23-8-1)15-5-6-17-21(26-15)22(28-27-17)18-11-14-16(25-18)7-9-24-20(14)19-4-2-10-29-19/h1-12,25H,(H,27,28). The topological polar surface area (TPSA) is 83.1 Å². The van der Waals surface area contributed by atoms with Crippen molar-refractivity contribution in [1.82, 2.24) is 30.1 Å². The first-order chi connectivity index (χ1) is 14.4. The van der Waals surface area contributed by atoms with E-state index in [1.807, 2.05) is 48.8 Å². The van der Waals surface area contributed by atoms with E-state index in [9.17, 15) is 0 Å². The highest BCUT2D eigenvalue weighted by molar-refractivity contribution is 7.13. The maximum absolute atomic E-state index is 4.86. The third-order valence-corrected chi connectivity index (χ3v) is 5.80. The van der Waals surface area contributed by atoms with Crippen LogP contribution in [0.5, 0.6) is 0 Å². The van der Waals surface area contributed by atoms with Crippen LogP contribution in [0.15, 0.2) is 72.5 Å². The first-order valence-corrected chi connectivity index (χ1v) is 10.0. The average molecular weight is 394 g/mol. The van der Waals surface area contributed by atoms with Gasteiger partial charge in [-0.15, -0.1) is 11.3 Å². The number of nitrogens with zero attached hydrogens (tertiary/aromatic N) is 4. The van der Waals surface area contributed by atoms with Gasteiger partial charge in [0.25, 0.3) is 0 Å². The second-order valence-electron chi connectivity index (χ2n) is 6.69. The van der Waals surface area contributed by atoms with E-state index in [1.54, 1.807) is 17.5 Å². The highest BCUT2D eigenvalue weighted by Gasteiger charge is 2.16. The first-order valence-electron chi connectivity index (χ1n) is 9.14. The molecule has 0 amide bonds. The minimum Gasteiger partial charge on any atom is -0.353 e. The summed E-state index contributed by atoms with van der Waals surface area (Å²) < 4.78 is 0. The monoisotopic (exact) mass is 394 g/mol. The smallest absolute Gasteiger partial charge is 0.135 e. The largest absolute Gasteiger partial charge is 0.353 e. The second-order valence-corrected chi connectivity index (χ2v) is 7.64. The molecule has 138 valence electrons. The fourth-order valence-electron chi connectivity index (χ4n) is 3.55. The molecule has 0 aliphatic rings. The summed E-state index contributed by atoms with van der Waals surface area (Å²) in [5.74, 6) is 0. The number of aromatic amines is 2. The summed E-state index contributed by atoms with van der Waals surface area (Å²) in [6.07, 6.45) is 5.41. The Morgan fingerprint density at radius 2 is 1.90 bits per heavy atom. The zero-order valence-corrected chi connectivity index (χ0v) is 15.9. The molecule has 0 unspecified atom stereocenters. The lowest BCUT2D eigenvalue weighted by atomic mass is 10.1. The minimum absolute atomic E-state index is 0.791. The number of thiophene rings is 1. The molecule has 29 heavy (non-hydrogen) atoms. The fraction of sp³-hybridized carbons (Fsp3) is 0.